The second kappa shape index (κ2) is 7.28. The summed E-state index contributed by atoms with van der Waals surface area (Å²) in [5.74, 6) is 1.12. The topological polar surface area (TPSA) is 83.0 Å². The largest absolute Gasteiger partial charge is 0.331 e. The molecule has 0 aromatic carbocycles. The van der Waals surface area contributed by atoms with Gasteiger partial charge in [-0.25, -0.2) is 19.7 Å². The predicted molar refractivity (Wildman–Crippen MR) is 86.9 cm³/mol. The number of carbonyl (C=O) groups is 1. The molecule has 0 atom stereocenters. The van der Waals surface area contributed by atoms with Crippen LogP contribution < -0.4 is 10.6 Å². The fourth-order valence-electron chi connectivity index (χ4n) is 1.92. The smallest absolute Gasteiger partial charge is 0.320 e. The highest BCUT2D eigenvalue weighted by Crippen LogP contribution is 2.11. The van der Waals surface area contributed by atoms with Crippen molar-refractivity contribution in [3.63, 3.8) is 0 Å². The van der Waals surface area contributed by atoms with Crippen molar-refractivity contribution in [1.82, 2.24) is 25.2 Å². The Morgan fingerprint density at radius 1 is 1.27 bits per heavy atom. The van der Waals surface area contributed by atoms with Crippen molar-refractivity contribution in [1.29, 1.82) is 0 Å². The number of hydrogen-bond acceptors (Lipinski definition) is 6. The maximum absolute atomic E-state index is 11.9. The van der Waals surface area contributed by atoms with Crippen LogP contribution in [0.4, 0.5) is 10.6 Å². The van der Waals surface area contributed by atoms with Gasteiger partial charge in [0.25, 0.3) is 0 Å². The van der Waals surface area contributed by atoms with Crippen molar-refractivity contribution in [2.75, 3.05) is 19.4 Å². The summed E-state index contributed by atoms with van der Waals surface area (Å²) in [5, 5.41) is 8.36. The van der Waals surface area contributed by atoms with Crippen LogP contribution in [-0.2, 0) is 13.1 Å². The van der Waals surface area contributed by atoms with E-state index in [1.54, 1.807) is 13.0 Å². The number of nitrogens with zero attached hydrogens (tertiary/aromatic N) is 4. The molecule has 0 saturated carbocycles. The van der Waals surface area contributed by atoms with Crippen LogP contribution >= 0.6 is 11.3 Å². The molecule has 2 aromatic rings. The van der Waals surface area contributed by atoms with Gasteiger partial charge in [0.15, 0.2) is 0 Å². The number of rotatable bonds is 5. The van der Waals surface area contributed by atoms with Gasteiger partial charge in [0.05, 0.1) is 12.2 Å². The molecule has 7 nitrogen and oxygen atoms in total. The lowest BCUT2D eigenvalue weighted by molar-refractivity contribution is 0.251. The Labute approximate surface area is 133 Å². The molecular weight excluding hydrogens is 300 g/mol. The lowest BCUT2D eigenvalue weighted by Crippen LogP contribution is -2.28. The molecule has 2 amide bonds. The zero-order valence-electron chi connectivity index (χ0n) is 13.2. The van der Waals surface area contributed by atoms with E-state index < -0.39 is 0 Å². The summed E-state index contributed by atoms with van der Waals surface area (Å²) in [7, 11) is 3.99. The lowest BCUT2D eigenvalue weighted by Gasteiger charge is -2.07. The standard InChI is InChI=1S/C14H20N6OS/c1-9-5-12(17-10(2)16-9)19-14(21)15-6-13-18-11(8-22-13)7-20(3)4/h5,8H,6-7H2,1-4H3,(H2,15,16,17,19,21). The third-order valence-electron chi connectivity index (χ3n) is 2.69. The summed E-state index contributed by atoms with van der Waals surface area (Å²) in [6.07, 6.45) is 0. The van der Waals surface area contributed by atoms with Crippen molar-refractivity contribution < 1.29 is 4.79 Å². The lowest BCUT2D eigenvalue weighted by atomic mass is 10.4. The van der Waals surface area contributed by atoms with Crippen LogP contribution in [0.25, 0.3) is 0 Å². The van der Waals surface area contributed by atoms with E-state index in [-0.39, 0.29) is 6.03 Å². The molecule has 2 aromatic heterocycles. The first-order chi connectivity index (χ1) is 10.4. The maximum Gasteiger partial charge on any atom is 0.320 e. The minimum Gasteiger partial charge on any atom is -0.331 e. The van der Waals surface area contributed by atoms with Gasteiger partial charge in [0.1, 0.15) is 16.6 Å². The summed E-state index contributed by atoms with van der Waals surface area (Å²) in [4.78, 5) is 26.7. The molecule has 2 heterocycles. The van der Waals surface area contributed by atoms with E-state index in [9.17, 15) is 4.79 Å². The normalized spacial score (nSPS) is 10.8. The number of urea groups is 1. The number of anilines is 1. The van der Waals surface area contributed by atoms with Gasteiger partial charge in [0.2, 0.25) is 0 Å². The van der Waals surface area contributed by atoms with E-state index in [1.165, 1.54) is 11.3 Å². The Balaban J connectivity index is 1.86. The second-order valence-corrected chi connectivity index (χ2v) is 6.16. The van der Waals surface area contributed by atoms with Gasteiger partial charge in [0, 0.05) is 23.7 Å². The number of aromatic nitrogens is 3. The highest BCUT2D eigenvalue weighted by Gasteiger charge is 2.07. The van der Waals surface area contributed by atoms with E-state index in [0.29, 0.717) is 18.2 Å². The first kappa shape index (κ1) is 16.3. The molecular formula is C14H20N6OS. The van der Waals surface area contributed by atoms with E-state index in [4.69, 9.17) is 0 Å². The van der Waals surface area contributed by atoms with Gasteiger partial charge < -0.3 is 10.2 Å². The van der Waals surface area contributed by atoms with Crippen LogP contribution in [0, 0.1) is 13.8 Å². The van der Waals surface area contributed by atoms with E-state index in [2.05, 4.69) is 30.5 Å². The summed E-state index contributed by atoms with van der Waals surface area (Å²) in [6, 6.07) is 1.42. The second-order valence-electron chi connectivity index (χ2n) is 5.22. The molecule has 0 aliphatic heterocycles. The van der Waals surface area contributed by atoms with Crippen LogP contribution in [0.3, 0.4) is 0 Å². The van der Waals surface area contributed by atoms with Gasteiger partial charge in [-0.3, -0.25) is 5.32 Å². The van der Waals surface area contributed by atoms with E-state index in [0.717, 1.165) is 22.9 Å². The molecule has 0 radical (unpaired) electrons. The molecule has 0 saturated heterocycles. The van der Waals surface area contributed by atoms with Gasteiger partial charge in [-0.2, -0.15) is 0 Å². The molecule has 118 valence electrons. The first-order valence-corrected chi connectivity index (χ1v) is 7.75. The molecule has 2 N–H and O–H groups in total. The minimum atomic E-state index is -0.304. The SMILES string of the molecule is Cc1cc(NC(=O)NCc2nc(CN(C)C)cs2)nc(C)n1. The van der Waals surface area contributed by atoms with Gasteiger partial charge >= 0.3 is 6.03 Å². The molecule has 0 unspecified atom stereocenters. The van der Waals surface area contributed by atoms with Crippen LogP contribution in [-0.4, -0.2) is 40.0 Å². The molecule has 0 fully saturated rings. The maximum atomic E-state index is 11.9. The Hall–Kier alpha value is -2.06. The summed E-state index contributed by atoms with van der Waals surface area (Å²) in [5.41, 5.74) is 1.82. The summed E-state index contributed by atoms with van der Waals surface area (Å²) in [6.45, 7) is 4.84. The molecule has 2 rings (SSSR count). The minimum absolute atomic E-state index is 0.304. The van der Waals surface area contributed by atoms with E-state index in [1.807, 2.05) is 26.4 Å². The van der Waals surface area contributed by atoms with Crippen LogP contribution in [0.5, 0.6) is 0 Å². The predicted octanol–water partition coefficient (Wildman–Crippen LogP) is 1.93. The zero-order chi connectivity index (χ0) is 16.1. The Morgan fingerprint density at radius 3 is 2.73 bits per heavy atom. The monoisotopic (exact) mass is 320 g/mol. The van der Waals surface area contributed by atoms with Gasteiger partial charge in [-0.1, -0.05) is 0 Å². The molecule has 0 aliphatic carbocycles. The number of nitrogens with one attached hydrogen (secondary N) is 2. The Morgan fingerprint density at radius 2 is 2.05 bits per heavy atom. The van der Waals surface area contributed by atoms with Crippen LogP contribution in [0.15, 0.2) is 11.4 Å². The number of thiazole rings is 1. The van der Waals surface area contributed by atoms with Crippen LogP contribution in [0.1, 0.15) is 22.2 Å². The molecule has 22 heavy (non-hydrogen) atoms. The third-order valence-corrected chi connectivity index (χ3v) is 3.58. The van der Waals surface area contributed by atoms with Crippen molar-refractivity contribution >= 4 is 23.2 Å². The molecule has 0 aliphatic rings. The number of amides is 2. The van der Waals surface area contributed by atoms with Crippen molar-refractivity contribution in [2.45, 2.75) is 26.9 Å². The highest BCUT2D eigenvalue weighted by atomic mass is 32.1. The fourth-order valence-corrected chi connectivity index (χ4v) is 2.65. The van der Waals surface area contributed by atoms with Crippen molar-refractivity contribution in [2.24, 2.45) is 0 Å². The first-order valence-electron chi connectivity index (χ1n) is 6.87. The van der Waals surface area contributed by atoms with Crippen molar-refractivity contribution in [3.05, 3.63) is 33.7 Å². The fraction of sp³-hybridized carbons (Fsp3) is 0.429. The summed E-state index contributed by atoms with van der Waals surface area (Å²) >= 11 is 1.54. The van der Waals surface area contributed by atoms with Crippen molar-refractivity contribution in [3.8, 4) is 0 Å². The van der Waals surface area contributed by atoms with E-state index >= 15 is 0 Å². The zero-order valence-corrected chi connectivity index (χ0v) is 14.0. The number of hydrogen-bond donors (Lipinski definition) is 2. The van der Waals surface area contributed by atoms with Gasteiger partial charge in [-0.15, -0.1) is 11.3 Å². The van der Waals surface area contributed by atoms with Crippen LogP contribution in [0.2, 0.25) is 0 Å². The average molecular weight is 320 g/mol. The molecule has 0 spiro atoms. The highest BCUT2D eigenvalue weighted by molar-refractivity contribution is 7.09. The summed E-state index contributed by atoms with van der Waals surface area (Å²) < 4.78 is 0. The quantitative estimate of drug-likeness (QED) is 0.879. The molecule has 8 heteroatoms. The third kappa shape index (κ3) is 5.05. The average Bonchev–Trinajstić information content (AvgIpc) is 2.82. The number of aryl methyl sites for hydroxylation is 2. The Kier molecular flexibility index (Phi) is 5.40. The van der Waals surface area contributed by atoms with Gasteiger partial charge in [-0.05, 0) is 27.9 Å². The number of carbonyl (C=O) groups excluding carboxylic acids is 1. The Bertz CT molecular complexity index is 634. The molecule has 0 bridgehead atoms.